The lowest BCUT2D eigenvalue weighted by Crippen LogP contribution is -2.16. The van der Waals surface area contributed by atoms with Crippen molar-refractivity contribution in [3.8, 4) is 16.9 Å². The molecule has 6 heteroatoms. The molecule has 0 amide bonds. The van der Waals surface area contributed by atoms with Crippen LogP contribution in [0.4, 0.5) is 0 Å². The van der Waals surface area contributed by atoms with Gasteiger partial charge in [0.1, 0.15) is 5.75 Å². The number of ether oxygens (including phenoxy) is 1. The van der Waals surface area contributed by atoms with Crippen molar-refractivity contribution < 1.29 is 13.2 Å². The van der Waals surface area contributed by atoms with E-state index in [0.29, 0.717) is 0 Å². The molecule has 0 aliphatic rings. The number of rotatable bonds is 5. The predicted octanol–water partition coefficient (Wildman–Crippen LogP) is 3.09. The second kappa shape index (κ2) is 6.98. The molecule has 1 N–H and O–H groups in total. The van der Waals surface area contributed by atoms with Gasteiger partial charge in [-0.2, -0.15) is 0 Å². The monoisotopic (exact) mass is 342 g/mol. The van der Waals surface area contributed by atoms with Crippen LogP contribution in [-0.2, 0) is 10.9 Å². The van der Waals surface area contributed by atoms with Crippen LogP contribution in [0.1, 0.15) is 18.5 Å². The number of thiol groups is 1. The van der Waals surface area contributed by atoms with E-state index in [1.807, 2.05) is 55.5 Å². The summed E-state index contributed by atoms with van der Waals surface area (Å²) in [6.45, 7) is 1.81. The van der Waals surface area contributed by atoms with Gasteiger partial charge in [0.15, 0.2) is 0 Å². The molecule has 24 heavy (non-hydrogen) atoms. The van der Waals surface area contributed by atoms with Crippen LogP contribution in [0.5, 0.6) is 5.75 Å². The van der Waals surface area contributed by atoms with E-state index in [9.17, 15) is 8.42 Å². The van der Waals surface area contributed by atoms with Crippen molar-refractivity contribution in [3.63, 3.8) is 0 Å². The summed E-state index contributed by atoms with van der Waals surface area (Å²) in [4.78, 5) is 4.40. The summed E-state index contributed by atoms with van der Waals surface area (Å²) in [5, 5.41) is 1.04. The molecule has 5 nitrogen and oxygen atoms in total. The van der Waals surface area contributed by atoms with E-state index >= 15 is 0 Å². The number of fused-ring (bicyclic) bond motifs is 1. The van der Waals surface area contributed by atoms with Gasteiger partial charge in [0.05, 0.1) is 12.6 Å². The van der Waals surface area contributed by atoms with Crippen LogP contribution < -0.4 is 9.46 Å². The fraction of sp³-hybridized carbons (Fsp3) is 0.167. The highest BCUT2D eigenvalue weighted by Gasteiger charge is 2.08. The van der Waals surface area contributed by atoms with Gasteiger partial charge in [0.25, 0.3) is 0 Å². The van der Waals surface area contributed by atoms with Crippen molar-refractivity contribution in [2.24, 2.45) is 0 Å². The highest BCUT2D eigenvalue weighted by molar-refractivity contribution is 7.70. The van der Waals surface area contributed by atoms with Crippen molar-refractivity contribution in [3.05, 3.63) is 60.3 Å². The lowest BCUT2D eigenvalue weighted by molar-refractivity contribution is 0.415. The summed E-state index contributed by atoms with van der Waals surface area (Å²) < 4.78 is 29.3. The summed E-state index contributed by atoms with van der Waals surface area (Å²) in [7, 11) is -0.980. The average molecular weight is 342 g/mol. The Morgan fingerprint density at radius 3 is 2.50 bits per heavy atom. The van der Waals surface area contributed by atoms with Crippen LogP contribution in [0.2, 0.25) is 0 Å². The van der Waals surface area contributed by atoms with Gasteiger partial charge in [-0.3, -0.25) is 4.98 Å². The molecule has 3 aromatic rings. The Bertz CT molecular complexity index is 929. The predicted molar refractivity (Wildman–Crippen MR) is 95.6 cm³/mol. The van der Waals surface area contributed by atoms with Crippen LogP contribution in [-0.4, -0.2) is 20.5 Å². The molecule has 0 radical (unpaired) electrons. The first-order valence-corrected chi connectivity index (χ1v) is 8.70. The second-order valence-electron chi connectivity index (χ2n) is 5.47. The molecule has 0 fully saturated rings. The van der Waals surface area contributed by atoms with Gasteiger partial charge in [-0.25, -0.2) is 13.1 Å². The van der Waals surface area contributed by atoms with Crippen molar-refractivity contribution in [2.75, 3.05) is 7.11 Å². The zero-order valence-corrected chi connectivity index (χ0v) is 14.3. The van der Waals surface area contributed by atoms with Crippen molar-refractivity contribution in [1.29, 1.82) is 0 Å². The van der Waals surface area contributed by atoms with E-state index < -0.39 is 10.9 Å². The summed E-state index contributed by atoms with van der Waals surface area (Å²) in [5.74, 6) is 0.772. The zero-order valence-electron chi connectivity index (χ0n) is 13.4. The standard InChI is InChI=1S/C18H18N2O3S/c1-12(20-24(21)22)13-3-5-14(6-4-13)16-9-10-19-18-11-15(23-2)7-8-17(16)18/h3-12,24H,1-2H3,(H,20,21,22). The summed E-state index contributed by atoms with van der Waals surface area (Å²) in [6.07, 6.45) is 1.78. The van der Waals surface area contributed by atoms with Gasteiger partial charge in [-0.15, -0.1) is 0 Å². The Labute approximate surface area is 142 Å². The number of hydrogen-bond acceptors (Lipinski definition) is 4. The molecule has 3 rings (SSSR count). The summed E-state index contributed by atoms with van der Waals surface area (Å²) in [6, 6.07) is 15.4. The largest absolute Gasteiger partial charge is 0.497 e. The van der Waals surface area contributed by atoms with E-state index in [4.69, 9.17) is 4.74 Å². The maximum atomic E-state index is 10.8. The highest BCUT2D eigenvalue weighted by Crippen LogP contribution is 2.30. The van der Waals surface area contributed by atoms with Gasteiger partial charge in [0, 0.05) is 23.7 Å². The molecule has 0 spiro atoms. The van der Waals surface area contributed by atoms with Gasteiger partial charge >= 0.3 is 0 Å². The molecular weight excluding hydrogens is 324 g/mol. The summed E-state index contributed by atoms with van der Waals surface area (Å²) in [5.41, 5.74) is 3.91. The van der Waals surface area contributed by atoms with Crippen LogP contribution in [0.3, 0.4) is 0 Å². The van der Waals surface area contributed by atoms with Gasteiger partial charge < -0.3 is 4.74 Å². The van der Waals surface area contributed by atoms with Crippen molar-refractivity contribution >= 4 is 21.8 Å². The lowest BCUT2D eigenvalue weighted by atomic mass is 9.99. The van der Waals surface area contributed by atoms with Gasteiger partial charge in [0.2, 0.25) is 10.9 Å². The molecule has 1 unspecified atom stereocenters. The second-order valence-corrected chi connectivity index (χ2v) is 6.24. The number of aromatic nitrogens is 1. The van der Waals surface area contributed by atoms with Crippen molar-refractivity contribution in [1.82, 2.24) is 9.71 Å². The molecule has 124 valence electrons. The maximum absolute atomic E-state index is 10.8. The zero-order chi connectivity index (χ0) is 17.1. The Balaban J connectivity index is 1.98. The lowest BCUT2D eigenvalue weighted by Gasteiger charge is -2.12. The van der Waals surface area contributed by atoms with Gasteiger partial charge in [-0.1, -0.05) is 24.3 Å². The number of hydrogen-bond donors (Lipinski definition) is 2. The molecule has 0 bridgehead atoms. The fourth-order valence-electron chi connectivity index (χ4n) is 2.69. The van der Waals surface area contributed by atoms with E-state index in [-0.39, 0.29) is 6.04 Å². The third kappa shape index (κ3) is 3.39. The van der Waals surface area contributed by atoms with Crippen LogP contribution >= 0.6 is 0 Å². The van der Waals surface area contributed by atoms with E-state index in [2.05, 4.69) is 9.71 Å². The SMILES string of the molecule is COc1ccc2c(-c3ccc(C(C)N[SH](=O)=O)cc3)ccnc2c1. The van der Waals surface area contributed by atoms with E-state index in [0.717, 1.165) is 33.3 Å². The first-order valence-electron chi connectivity index (χ1n) is 7.52. The minimum atomic E-state index is -2.61. The number of nitrogens with zero attached hydrogens (tertiary/aromatic N) is 1. The highest BCUT2D eigenvalue weighted by atomic mass is 32.2. The Kier molecular flexibility index (Phi) is 4.78. The van der Waals surface area contributed by atoms with Crippen LogP contribution in [0, 0.1) is 0 Å². The normalized spacial score (nSPS) is 12.5. The van der Waals surface area contributed by atoms with E-state index in [1.54, 1.807) is 13.3 Å². The Hall–Kier alpha value is -2.44. The number of nitrogens with one attached hydrogen (secondary N) is 1. The molecule has 1 aromatic heterocycles. The molecule has 0 saturated carbocycles. The van der Waals surface area contributed by atoms with Gasteiger partial charge in [-0.05, 0) is 41.8 Å². The third-order valence-electron chi connectivity index (χ3n) is 3.97. The number of pyridine rings is 1. The topological polar surface area (TPSA) is 68.3 Å². The first-order chi connectivity index (χ1) is 11.6. The molecule has 0 aliphatic heterocycles. The molecule has 1 atom stereocenters. The molecule has 2 aromatic carbocycles. The molecule has 0 saturated heterocycles. The average Bonchev–Trinajstić information content (AvgIpc) is 2.60. The fourth-order valence-corrected chi connectivity index (χ4v) is 3.16. The quantitative estimate of drug-likeness (QED) is 0.699. The number of methoxy groups -OCH3 is 1. The smallest absolute Gasteiger partial charge is 0.201 e. The molecule has 0 aliphatic carbocycles. The third-order valence-corrected chi connectivity index (χ3v) is 4.57. The Morgan fingerprint density at radius 1 is 1.08 bits per heavy atom. The van der Waals surface area contributed by atoms with E-state index in [1.165, 1.54) is 0 Å². The first kappa shape index (κ1) is 16.4. The Morgan fingerprint density at radius 2 is 1.83 bits per heavy atom. The minimum absolute atomic E-state index is 0.251. The minimum Gasteiger partial charge on any atom is -0.497 e. The summed E-state index contributed by atoms with van der Waals surface area (Å²) >= 11 is 0. The molecule has 1 heterocycles. The van der Waals surface area contributed by atoms with Crippen LogP contribution in [0.25, 0.3) is 22.0 Å². The number of benzene rings is 2. The maximum Gasteiger partial charge on any atom is 0.201 e. The molecular formula is C18H18N2O3S. The van der Waals surface area contributed by atoms with Crippen LogP contribution in [0.15, 0.2) is 54.7 Å². The van der Waals surface area contributed by atoms with Crippen molar-refractivity contribution in [2.45, 2.75) is 13.0 Å².